The molecule has 1 atom stereocenters. The first kappa shape index (κ1) is 15.0. The SMILES string of the molecule is O=C(CCN1CCC[C@@H]1C(=O)O)Nc1ccc(Br)cc1. The van der Waals surface area contributed by atoms with Crippen LogP contribution in [0, 0.1) is 0 Å². The largest absolute Gasteiger partial charge is 0.480 e. The van der Waals surface area contributed by atoms with Crippen molar-refractivity contribution in [3.63, 3.8) is 0 Å². The molecule has 1 heterocycles. The van der Waals surface area contributed by atoms with Crippen LogP contribution in [0.3, 0.4) is 0 Å². The molecule has 1 aliphatic heterocycles. The summed E-state index contributed by atoms with van der Waals surface area (Å²) in [6.07, 6.45) is 1.86. The summed E-state index contributed by atoms with van der Waals surface area (Å²) >= 11 is 3.33. The predicted octanol–water partition coefficient (Wildman–Crippen LogP) is 2.33. The average molecular weight is 341 g/mol. The Balaban J connectivity index is 1.80. The number of nitrogens with one attached hydrogen (secondary N) is 1. The number of carboxylic acids is 1. The van der Waals surface area contributed by atoms with E-state index in [-0.39, 0.29) is 5.91 Å². The lowest BCUT2D eigenvalue weighted by atomic mass is 10.2. The fraction of sp³-hybridized carbons (Fsp3) is 0.429. The van der Waals surface area contributed by atoms with Gasteiger partial charge in [-0.1, -0.05) is 15.9 Å². The minimum absolute atomic E-state index is 0.0941. The number of anilines is 1. The van der Waals surface area contributed by atoms with Crippen molar-refractivity contribution in [2.45, 2.75) is 25.3 Å². The van der Waals surface area contributed by atoms with Gasteiger partial charge in [-0.15, -0.1) is 0 Å². The minimum atomic E-state index is -0.796. The summed E-state index contributed by atoms with van der Waals surface area (Å²) in [7, 11) is 0. The van der Waals surface area contributed by atoms with Gasteiger partial charge < -0.3 is 10.4 Å². The molecule has 1 aromatic carbocycles. The van der Waals surface area contributed by atoms with Gasteiger partial charge in [0.15, 0.2) is 0 Å². The van der Waals surface area contributed by atoms with Gasteiger partial charge in [-0.05, 0) is 43.7 Å². The number of amides is 1. The van der Waals surface area contributed by atoms with Crippen molar-refractivity contribution >= 4 is 33.5 Å². The van der Waals surface area contributed by atoms with Crippen LogP contribution in [-0.2, 0) is 9.59 Å². The third-order valence-electron chi connectivity index (χ3n) is 3.40. The fourth-order valence-corrected chi connectivity index (χ4v) is 2.64. The zero-order valence-corrected chi connectivity index (χ0v) is 12.6. The highest BCUT2D eigenvalue weighted by Crippen LogP contribution is 2.18. The molecular weight excluding hydrogens is 324 g/mol. The van der Waals surface area contributed by atoms with E-state index in [1.807, 2.05) is 29.2 Å². The lowest BCUT2D eigenvalue weighted by Gasteiger charge is -2.20. The van der Waals surface area contributed by atoms with Gasteiger partial charge in [0.1, 0.15) is 6.04 Å². The lowest BCUT2D eigenvalue weighted by Crippen LogP contribution is -2.37. The summed E-state index contributed by atoms with van der Waals surface area (Å²) in [4.78, 5) is 24.7. The number of carboxylic acid groups (broad SMARTS) is 1. The van der Waals surface area contributed by atoms with Crippen molar-refractivity contribution in [2.24, 2.45) is 0 Å². The van der Waals surface area contributed by atoms with Crippen molar-refractivity contribution in [3.05, 3.63) is 28.7 Å². The molecule has 5 nitrogen and oxygen atoms in total. The van der Waals surface area contributed by atoms with Crippen LogP contribution in [0.1, 0.15) is 19.3 Å². The number of hydrogen-bond donors (Lipinski definition) is 2. The van der Waals surface area contributed by atoms with E-state index < -0.39 is 12.0 Å². The Morgan fingerprint density at radius 1 is 1.35 bits per heavy atom. The molecule has 1 fully saturated rings. The van der Waals surface area contributed by atoms with Gasteiger partial charge in [-0.2, -0.15) is 0 Å². The van der Waals surface area contributed by atoms with E-state index >= 15 is 0 Å². The van der Waals surface area contributed by atoms with Crippen LogP contribution in [0.4, 0.5) is 5.69 Å². The van der Waals surface area contributed by atoms with E-state index in [0.717, 1.165) is 23.1 Å². The Bertz CT molecular complexity index is 490. The summed E-state index contributed by atoms with van der Waals surface area (Å²) in [6.45, 7) is 1.24. The average Bonchev–Trinajstić information content (AvgIpc) is 2.88. The lowest BCUT2D eigenvalue weighted by molar-refractivity contribution is -0.142. The maximum absolute atomic E-state index is 11.8. The van der Waals surface area contributed by atoms with Gasteiger partial charge in [0.25, 0.3) is 0 Å². The van der Waals surface area contributed by atoms with Crippen molar-refractivity contribution in [2.75, 3.05) is 18.4 Å². The van der Waals surface area contributed by atoms with E-state index in [1.54, 1.807) is 0 Å². The summed E-state index contributed by atoms with van der Waals surface area (Å²) in [6, 6.07) is 6.92. The first-order chi connectivity index (χ1) is 9.56. The molecule has 0 aliphatic carbocycles. The first-order valence-electron chi connectivity index (χ1n) is 6.58. The molecule has 2 N–H and O–H groups in total. The van der Waals surface area contributed by atoms with Crippen LogP contribution >= 0.6 is 15.9 Å². The third kappa shape index (κ3) is 4.05. The molecule has 0 unspecified atom stereocenters. The van der Waals surface area contributed by atoms with Crippen molar-refractivity contribution in [1.82, 2.24) is 4.90 Å². The predicted molar refractivity (Wildman–Crippen MR) is 79.6 cm³/mol. The standard InChI is InChI=1S/C14H17BrN2O3/c15-10-3-5-11(6-4-10)16-13(18)7-9-17-8-1-2-12(17)14(19)20/h3-6,12H,1-2,7-9H2,(H,16,18)(H,19,20)/t12-/m1/s1. The van der Waals surface area contributed by atoms with E-state index in [9.17, 15) is 9.59 Å². The summed E-state index contributed by atoms with van der Waals surface area (Å²) in [5, 5.41) is 11.9. The molecule has 1 aliphatic rings. The highest BCUT2D eigenvalue weighted by Gasteiger charge is 2.30. The van der Waals surface area contributed by atoms with E-state index in [0.29, 0.717) is 19.4 Å². The molecule has 0 aromatic heterocycles. The van der Waals surface area contributed by atoms with Crippen LogP contribution in [0.15, 0.2) is 28.7 Å². The number of benzene rings is 1. The Morgan fingerprint density at radius 3 is 2.70 bits per heavy atom. The second-order valence-corrected chi connectivity index (χ2v) is 5.75. The summed E-state index contributed by atoms with van der Waals surface area (Å²) < 4.78 is 0.955. The van der Waals surface area contributed by atoms with Crippen molar-refractivity contribution < 1.29 is 14.7 Å². The summed E-state index contributed by atoms with van der Waals surface area (Å²) in [5.74, 6) is -0.890. The quantitative estimate of drug-likeness (QED) is 0.862. The first-order valence-corrected chi connectivity index (χ1v) is 7.38. The molecular formula is C14H17BrN2O3. The highest BCUT2D eigenvalue weighted by atomic mass is 79.9. The molecule has 0 spiro atoms. The van der Waals surface area contributed by atoms with Gasteiger partial charge in [0.2, 0.25) is 5.91 Å². The number of rotatable bonds is 5. The van der Waals surface area contributed by atoms with Gasteiger partial charge in [-0.25, -0.2) is 0 Å². The molecule has 6 heteroatoms. The molecule has 108 valence electrons. The minimum Gasteiger partial charge on any atom is -0.480 e. The van der Waals surface area contributed by atoms with Gasteiger partial charge >= 0.3 is 5.97 Å². The molecule has 1 amide bonds. The Morgan fingerprint density at radius 2 is 2.05 bits per heavy atom. The number of hydrogen-bond acceptors (Lipinski definition) is 3. The van der Waals surface area contributed by atoms with Crippen LogP contribution in [0.2, 0.25) is 0 Å². The van der Waals surface area contributed by atoms with Crippen LogP contribution in [0.25, 0.3) is 0 Å². The van der Waals surface area contributed by atoms with Gasteiger partial charge in [0.05, 0.1) is 0 Å². The van der Waals surface area contributed by atoms with Crippen molar-refractivity contribution in [3.8, 4) is 0 Å². The third-order valence-corrected chi connectivity index (χ3v) is 3.93. The number of aliphatic carboxylic acids is 1. The van der Waals surface area contributed by atoms with E-state index in [1.165, 1.54) is 0 Å². The monoisotopic (exact) mass is 340 g/mol. The summed E-state index contributed by atoms with van der Waals surface area (Å²) in [5.41, 5.74) is 0.745. The molecule has 1 saturated heterocycles. The second-order valence-electron chi connectivity index (χ2n) is 4.84. The zero-order chi connectivity index (χ0) is 14.5. The van der Waals surface area contributed by atoms with Gasteiger partial charge in [-0.3, -0.25) is 14.5 Å². The van der Waals surface area contributed by atoms with E-state index in [2.05, 4.69) is 21.2 Å². The molecule has 0 radical (unpaired) electrons. The maximum atomic E-state index is 11.8. The van der Waals surface area contributed by atoms with Crippen LogP contribution in [-0.4, -0.2) is 41.0 Å². The second kappa shape index (κ2) is 6.85. The number of halogens is 1. The fourth-order valence-electron chi connectivity index (χ4n) is 2.38. The smallest absolute Gasteiger partial charge is 0.320 e. The zero-order valence-electron chi connectivity index (χ0n) is 11.0. The molecule has 1 aromatic rings. The number of carbonyl (C=O) groups excluding carboxylic acids is 1. The molecule has 0 bridgehead atoms. The Labute approximate surface area is 126 Å². The van der Waals surface area contributed by atoms with Crippen LogP contribution < -0.4 is 5.32 Å². The van der Waals surface area contributed by atoms with Gasteiger partial charge in [0, 0.05) is 23.1 Å². The Hall–Kier alpha value is -1.40. The van der Waals surface area contributed by atoms with Crippen LogP contribution in [0.5, 0.6) is 0 Å². The molecule has 2 rings (SSSR count). The maximum Gasteiger partial charge on any atom is 0.320 e. The molecule has 0 saturated carbocycles. The Kier molecular flexibility index (Phi) is 5.14. The number of carbonyl (C=O) groups is 2. The number of nitrogens with zero attached hydrogens (tertiary/aromatic N) is 1. The topological polar surface area (TPSA) is 69.6 Å². The van der Waals surface area contributed by atoms with Crippen molar-refractivity contribution in [1.29, 1.82) is 0 Å². The highest BCUT2D eigenvalue weighted by molar-refractivity contribution is 9.10. The van der Waals surface area contributed by atoms with E-state index in [4.69, 9.17) is 5.11 Å². The molecule has 20 heavy (non-hydrogen) atoms. The normalized spacial score (nSPS) is 18.9. The number of likely N-dealkylation sites (tertiary alicyclic amines) is 1.